The average molecular weight is 372 g/mol. The van der Waals surface area contributed by atoms with Crippen molar-refractivity contribution in [1.29, 1.82) is 0 Å². The Morgan fingerprint density at radius 3 is 1.96 bits per heavy atom. The van der Waals surface area contributed by atoms with Crippen molar-refractivity contribution in [3.8, 4) is 5.75 Å². The number of azo groups is 1. The maximum Gasteiger partial charge on any atom is 0.337 e. The molecule has 0 bridgehead atoms. The summed E-state index contributed by atoms with van der Waals surface area (Å²) < 4.78 is 9.28. The van der Waals surface area contributed by atoms with E-state index in [1.807, 2.05) is 0 Å². The molecule has 0 heterocycles. The van der Waals surface area contributed by atoms with E-state index in [0.717, 1.165) is 0 Å². The summed E-state index contributed by atoms with van der Waals surface area (Å²) in [5.74, 6) is -2.60. The van der Waals surface area contributed by atoms with Gasteiger partial charge in [0.15, 0.2) is 0 Å². The van der Waals surface area contributed by atoms with Gasteiger partial charge in [0, 0.05) is 5.56 Å². The number of aromatic hydroxyl groups is 1. The van der Waals surface area contributed by atoms with Crippen LogP contribution in [0.15, 0.2) is 46.6 Å². The zero-order chi connectivity index (χ0) is 20.0. The molecule has 0 aromatic heterocycles. The van der Waals surface area contributed by atoms with Crippen LogP contribution in [0.4, 0.5) is 11.4 Å². The van der Waals surface area contributed by atoms with E-state index in [4.69, 9.17) is 5.11 Å². The molecular weight excluding hydrogens is 356 g/mol. The predicted molar refractivity (Wildman–Crippen MR) is 92.7 cm³/mol. The Balaban J connectivity index is 2.39. The van der Waals surface area contributed by atoms with E-state index >= 15 is 0 Å². The van der Waals surface area contributed by atoms with Crippen molar-refractivity contribution in [1.82, 2.24) is 0 Å². The maximum atomic E-state index is 11.8. The Morgan fingerprint density at radius 2 is 1.44 bits per heavy atom. The van der Waals surface area contributed by atoms with Crippen LogP contribution in [0.3, 0.4) is 0 Å². The van der Waals surface area contributed by atoms with Gasteiger partial charge in [-0.3, -0.25) is 4.79 Å². The van der Waals surface area contributed by atoms with Gasteiger partial charge in [-0.25, -0.2) is 9.59 Å². The lowest BCUT2D eigenvalue weighted by Crippen LogP contribution is -2.06. The first kappa shape index (κ1) is 19.6. The molecule has 2 N–H and O–H groups in total. The van der Waals surface area contributed by atoms with Crippen molar-refractivity contribution in [2.75, 3.05) is 14.2 Å². The highest BCUT2D eigenvalue weighted by Crippen LogP contribution is 2.26. The van der Waals surface area contributed by atoms with E-state index in [0.29, 0.717) is 0 Å². The zero-order valence-electron chi connectivity index (χ0n) is 14.5. The fraction of sp³-hybridized carbons (Fsp3) is 0.167. The van der Waals surface area contributed by atoms with Crippen molar-refractivity contribution in [3.63, 3.8) is 0 Å². The molecule has 0 amide bonds. The highest BCUT2D eigenvalue weighted by molar-refractivity contribution is 5.96. The Labute approximate surface area is 153 Å². The van der Waals surface area contributed by atoms with Crippen molar-refractivity contribution >= 4 is 29.3 Å². The lowest BCUT2D eigenvalue weighted by atomic mass is 10.1. The molecule has 2 aromatic carbocycles. The highest BCUT2D eigenvalue weighted by Gasteiger charge is 2.14. The van der Waals surface area contributed by atoms with Gasteiger partial charge in [-0.1, -0.05) is 0 Å². The van der Waals surface area contributed by atoms with Crippen molar-refractivity contribution in [2.24, 2.45) is 10.2 Å². The van der Waals surface area contributed by atoms with E-state index in [1.54, 1.807) is 0 Å². The van der Waals surface area contributed by atoms with Gasteiger partial charge in [0.05, 0.1) is 43.1 Å². The maximum absolute atomic E-state index is 11.8. The summed E-state index contributed by atoms with van der Waals surface area (Å²) in [5, 5.41) is 26.4. The van der Waals surface area contributed by atoms with E-state index in [2.05, 4.69) is 19.7 Å². The van der Waals surface area contributed by atoms with Gasteiger partial charge in [-0.05, 0) is 36.4 Å². The van der Waals surface area contributed by atoms with Gasteiger partial charge in [0.25, 0.3) is 0 Å². The number of aliphatic carboxylic acids is 1. The first-order valence-electron chi connectivity index (χ1n) is 7.61. The number of ether oxygens (including phenoxy) is 2. The first-order chi connectivity index (χ1) is 12.8. The summed E-state index contributed by atoms with van der Waals surface area (Å²) in [7, 11) is 2.41. The van der Waals surface area contributed by atoms with Crippen LogP contribution in [-0.4, -0.2) is 42.3 Å². The minimum absolute atomic E-state index is 0.0895. The fourth-order valence-electron chi connectivity index (χ4n) is 2.19. The summed E-state index contributed by atoms with van der Waals surface area (Å²) >= 11 is 0. The molecule has 140 valence electrons. The van der Waals surface area contributed by atoms with Crippen molar-refractivity contribution in [2.45, 2.75) is 6.42 Å². The standard InChI is InChI=1S/C18H16N2O7/c1-26-17(24)11-5-12(18(25)27-2)8-14(7-11)20-19-13-3-4-15(21)10(6-13)9-16(22)23/h3-8,21H,9H2,1-2H3,(H,22,23)/b20-19+. The largest absolute Gasteiger partial charge is 0.508 e. The lowest BCUT2D eigenvalue weighted by Gasteiger charge is -2.05. The van der Waals surface area contributed by atoms with Crippen LogP contribution in [-0.2, 0) is 20.7 Å². The molecule has 2 rings (SSSR count). The number of esters is 2. The zero-order valence-corrected chi connectivity index (χ0v) is 14.5. The molecule has 0 aliphatic carbocycles. The summed E-state index contributed by atoms with van der Waals surface area (Å²) in [4.78, 5) is 34.3. The molecule has 27 heavy (non-hydrogen) atoms. The van der Waals surface area contributed by atoms with Crippen LogP contribution in [0.1, 0.15) is 26.3 Å². The predicted octanol–water partition coefficient (Wildman–Crippen LogP) is 3.01. The second-order valence-electron chi connectivity index (χ2n) is 5.34. The number of carboxylic acids is 1. The van der Waals surface area contributed by atoms with Crippen LogP contribution in [0.25, 0.3) is 0 Å². The smallest absolute Gasteiger partial charge is 0.337 e. The van der Waals surface area contributed by atoms with E-state index < -0.39 is 17.9 Å². The molecule has 0 atom stereocenters. The van der Waals surface area contributed by atoms with Crippen LogP contribution < -0.4 is 0 Å². The third-order valence-electron chi connectivity index (χ3n) is 3.45. The number of methoxy groups -OCH3 is 2. The van der Waals surface area contributed by atoms with Crippen LogP contribution >= 0.6 is 0 Å². The molecule has 0 saturated carbocycles. The SMILES string of the molecule is COC(=O)c1cc(/N=N/c2ccc(O)c(CC(=O)O)c2)cc(C(=O)OC)c1. The molecule has 0 radical (unpaired) electrons. The number of rotatable bonds is 6. The van der Waals surface area contributed by atoms with Gasteiger partial charge >= 0.3 is 17.9 Å². The average Bonchev–Trinajstić information content (AvgIpc) is 2.66. The quantitative estimate of drug-likeness (QED) is 0.588. The molecule has 0 fully saturated rings. The summed E-state index contributed by atoms with van der Waals surface area (Å²) in [6.07, 6.45) is -0.375. The highest BCUT2D eigenvalue weighted by atomic mass is 16.5. The van der Waals surface area contributed by atoms with Crippen molar-refractivity contribution < 1.29 is 34.1 Å². The molecule has 0 spiro atoms. The number of carboxylic acid groups (broad SMARTS) is 1. The van der Waals surface area contributed by atoms with Crippen LogP contribution in [0, 0.1) is 0 Å². The molecule has 9 heteroatoms. The Morgan fingerprint density at radius 1 is 0.889 bits per heavy atom. The second-order valence-corrected chi connectivity index (χ2v) is 5.34. The number of benzene rings is 2. The number of carbonyl (C=O) groups is 3. The summed E-state index contributed by atoms with van der Waals surface area (Å²) in [5.41, 5.74) is 0.828. The van der Waals surface area contributed by atoms with Gasteiger partial charge in [0.1, 0.15) is 5.75 Å². The number of nitrogens with zero attached hydrogens (tertiary/aromatic N) is 2. The van der Waals surface area contributed by atoms with Gasteiger partial charge in [-0.2, -0.15) is 10.2 Å². The third-order valence-corrected chi connectivity index (χ3v) is 3.45. The van der Waals surface area contributed by atoms with E-state index in [9.17, 15) is 19.5 Å². The molecule has 0 unspecified atom stereocenters. The van der Waals surface area contributed by atoms with E-state index in [1.165, 1.54) is 50.6 Å². The molecule has 2 aromatic rings. The molecule has 0 saturated heterocycles. The second kappa shape index (κ2) is 8.56. The number of hydrogen-bond acceptors (Lipinski definition) is 8. The summed E-state index contributed by atoms with van der Waals surface area (Å²) in [6, 6.07) is 8.17. The monoisotopic (exact) mass is 372 g/mol. The van der Waals surface area contributed by atoms with Gasteiger partial charge < -0.3 is 19.7 Å². The fourth-order valence-corrected chi connectivity index (χ4v) is 2.19. The van der Waals surface area contributed by atoms with Gasteiger partial charge in [-0.15, -0.1) is 0 Å². The summed E-state index contributed by atoms with van der Waals surface area (Å²) in [6.45, 7) is 0. The first-order valence-corrected chi connectivity index (χ1v) is 7.61. The Bertz CT molecular complexity index is 888. The van der Waals surface area contributed by atoms with Crippen molar-refractivity contribution in [3.05, 3.63) is 53.1 Å². The molecular formula is C18H16N2O7. The molecule has 0 aliphatic rings. The molecule has 0 aliphatic heterocycles. The Hall–Kier alpha value is -3.75. The van der Waals surface area contributed by atoms with E-state index in [-0.39, 0.29) is 40.2 Å². The topological polar surface area (TPSA) is 135 Å². The van der Waals surface area contributed by atoms with Crippen LogP contribution in [0.2, 0.25) is 0 Å². The minimum Gasteiger partial charge on any atom is -0.508 e. The Kier molecular flexibility index (Phi) is 6.21. The third kappa shape index (κ3) is 5.11. The normalized spacial score (nSPS) is 10.6. The lowest BCUT2D eigenvalue weighted by molar-refractivity contribution is -0.136. The van der Waals surface area contributed by atoms with Gasteiger partial charge in [0.2, 0.25) is 0 Å². The number of phenolic OH excluding ortho intramolecular Hbond substituents is 1. The number of carbonyl (C=O) groups excluding carboxylic acids is 2. The number of phenols is 1. The van der Waals surface area contributed by atoms with Crippen LogP contribution in [0.5, 0.6) is 5.75 Å². The number of hydrogen-bond donors (Lipinski definition) is 2. The minimum atomic E-state index is -1.10. The molecule has 9 nitrogen and oxygen atoms in total.